The summed E-state index contributed by atoms with van der Waals surface area (Å²) < 4.78 is 12.1. The van der Waals surface area contributed by atoms with Gasteiger partial charge in [0.2, 0.25) is 5.90 Å². The molecule has 0 atom stereocenters. The van der Waals surface area contributed by atoms with Gasteiger partial charge < -0.3 is 9.47 Å². The Bertz CT molecular complexity index is 1170. The molecule has 0 radical (unpaired) electrons. The Morgan fingerprint density at radius 2 is 1.83 bits per heavy atom. The molecule has 4 rings (SSSR count). The first-order valence-electron chi connectivity index (χ1n) is 8.93. The Hall–Kier alpha value is -2.35. The first kappa shape index (κ1) is 20.9. The number of rotatable bonds is 5. The highest BCUT2D eigenvalue weighted by atomic mass is 127. The summed E-state index contributed by atoms with van der Waals surface area (Å²) in [7, 11) is 0. The van der Waals surface area contributed by atoms with Gasteiger partial charge in [-0.25, -0.2) is 9.79 Å². The molecule has 0 saturated heterocycles. The van der Waals surface area contributed by atoms with Crippen molar-refractivity contribution in [3.8, 4) is 5.75 Å². The van der Waals surface area contributed by atoms with E-state index in [-0.39, 0.29) is 11.6 Å². The summed E-state index contributed by atoms with van der Waals surface area (Å²) >= 11 is 14.4. The van der Waals surface area contributed by atoms with Gasteiger partial charge in [-0.3, -0.25) is 0 Å². The van der Waals surface area contributed by atoms with Gasteiger partial charge in [0.15, 0.2) is 5.70 Å². The fourth-order valence-electron chi connectivity index (χ4n) is 2.80. The molecule has 0 unspecified atom stereocenters. The van der Waals surface area contributed by atoms with Gasteiger partial charge in [-0.05, 0) is 82.3 Å². The number of nitrogens with zero attached hydrogens (tertiary/aromatic N) is 1. The lowest BCUT2D eigenvalue weighted by Crippen LogP contribution is -2.06. The lowest BCUT2D eigenvalue weighted by molar-refractivity contribution is -0.129. The number of hydrogen-bond acceptors (Lipinski definition) is 4. The van der Waals surface area contributed by atoms with E-state index in [0.29, 0.717) is 28.0 Å². The van der Waals surface area contributed by atoms with E-state index < -0.39 is 5.97 Å². The van der Waals surface area contributed by atoms with Crippen molar-refractivity contribution in [1.29, 1.82) is 0 Å². The minimum absolute atomic E-state index is 0.205. The van der Waals surface area contributed by atoms with Crippen LogP contribution in [0.4, 0.5) is 0 Å². The van der Waals surface area contributed by atoms with Crippen LogP contribution in [0.5, 0.6) is 5.75 Å². The lowest BCUT2D eigenvalue weighted by Gasteiger charge is -2.07. The molecule has 0 aromatic heterocycles. The van der Waals surface area contributed by atoms with E-state index in [4.69, 9.17) is 32.7 Å². The molecule has 3 aromatic carbocycles. The summed E-state index contributed by atoms with van der Waals surface area (Å²) in [6, 6.07) is 20.3. The molecule has 0 amide bonds. The number of hydrogen-bond donors (Lipinski definition) is 0. The third-order valence-electron chi connectivity index (χ3n) is 4.26. The van der Waals surface area contributed by atoms with Crippen molar-refractivity contribution in [1.82, 2.24) is 0 Å². The molecule has 4 nitrogen and oxygen atoms in total. The van der Waals surface area contributed by atoms with Crippen molar-refractivity contribution in [2.24, 2.45) is 4.99 Å². The zero-order valence-electron chi connectivity index (χ0n) is 15.4. The monoisotopic (exact) mass is 549 g/mol. The highest BCUT2D eigenvalue weighted by Crippen LogP contribution is 2.26. The molecule has 0 N–H and O–H groups in total. The summed E-state index contributed by atoms with van der Waals surface area (Å²) in [5, 5.41) is 1.15. The average Bonchev–Trinajstić information content (AvgIpc) is 3.09. The SMILES string of the molecule is O=C1OC(c2cc(I)ccc2Cl)=N/C1=C\c1ccc(OCc2cccc(Cl)c2)cc1. The molecular weight excluding hydrogens is 536 g/mol. The van der Waals surface area contributed by atoms with E-state index >= 15 is 0 Å². The van der Waals surface area contributed by atoms with Crippen LogP contribution in [0.2, 0.25) is 10.0 Å². The zero-order valence-corrected chi connectivity index (χ0v) is 19.1. The molecule has 1 aliphatic heterocycles. The maximum absolute atomic E-state index is 12.2. The van der Waals surface area contributed by atoms with Gasteiger partial charge in [-0.15, -0.1) is 0 Å². The Labute approximate surface area is 197 Å². The summed E-state index contributed by atoms with van der Waals surface area (Å²) in [5.74, 6) is 0.401. The predicted octanol–water partition coefficient (Wildman–Crippen LogP) is 6.52. The summed E-state index contributed by atoms with van der Waals surface area (Å²) in [4.78, 5) is 16.5. The van der Waals surface area contributed by atoms with Crippen LogP contribution in [0.15, 0.2) is 77.4 Å². The second-order valence-electron chi connectivity index (χ2n) is 6.45. The first-order valence-corrected chi connectivity index (χ1v) is 10.8. The molecular formula is C23H14Cl2INO3. The number of carbonyl (C=O) groups is 1. The molecule has 3 aromatic rings. The fraction of sp³-hybridized carbons (Fsp3) is 0.0435. The average molecular weight is 550 g/mol. The van der Waals surface area contributed by atoms with Gasteiger partial charge >= 0.3 is 5.97 Å². The molecule has 0 bridgehead atoms. The molecule has 1 heterocycles. The van der Waals surface area contributed by atoms with Crippen molar-refractivity contribution in [3.05, 3.63) is 103 Å². The van der Waals surface area contributed by atoms with Crippen molar-refractivity contribution in [2.75, 3.05) is 0 Å². The fourth-order valence-corrected chi connectivity index (χ4v) is 3.70. The second-order valence-corrected chi connectivity index (χ2v) is 8.54. The Morgan fingerprint density at radius 1 is 1.03 bits per heavy atom. The predicted molar refractivity (Wildman–Crippen MR) is 127 cm³/mol. The number of carbonyl (C=O) groups excluding carboxylic acids is 1. The van der Waals surface area contributed by atoms with Crippen LogP contribution in [0.1, 0.15) is 16.7 Å². The largest absolute Gasteiger partial charge is 0.489 e. The van der Waals surface area contributed by atoms with Crippen LogP contribution in [-0.2, 0) is 16.1 Å². The number of halogens is 3. The Kier molecular flexibility index (Phi) is 6.41. The van der Waals surface area contributed by atoms with Crippen LogP contribution >= 0.6 is 45.8 Å². The van der Waals surface area contributed by atoms with Gasteiger partial charge in [0.05, 0.1) is 10.6 Å². The number of esters is 1. The van der Waals surface area contributed by atoms with Crippen LogP contribution in [0.3, 0.4) is 0 Å². The Balaban J connectivity index is 1.48. The number of cyclic esters (lactones) is 1. The summed E-state index contributed by atoms with van der Waals surface area (Å²) in [6.07, 6.45) is 1.66. The highest BCUT2D eigenvalue weighted by molar-refractivity contribution is 14.1. The minimum Gasteiger partial charge on any atom is -0.489 e. The molecule has 1 aliphatic rings. The van der Waals surface area contributed by atoms with Crippen molar-refractivity contribution in [3.63, 3.8) is 0 Å². The van der Waals surface area contributed by atoms with E-state index in [1.54, 1.807) is 12.1 Å². The molecule has 0 spiro atoms. The van der Waals surface area contributed by atoms with E-state index in [1.165, 1.54) is 0 Å². The minimum atomic E-state index is -0.513. The van der Waals surface area contributed by atoms with Crippen molar-refractivity contribution in [2.45, 2.75) is 6.61 Å². The third-order valence-corrected chi connectivity index (χ3v) is 5.49. The molecule has 0 aliphatic carbocycles. The van der Waals surface area contributed by atoms with Gasteiger partial charge in [0.25, 0.3) is 0 Å². The van der Waals surface area contributed by atoms with Gasteiger partial charge in [-0.2, -0.15) is 0 Å². The molecule has 0 saturated carbocycles. The zero-order chi connectivity index (χ0) is 21.1. The Morgan fingerprint density at radius 3 is 2.60 bits per heavy atom. The molecule has 7 heteroatoms. The highest BCUT2D eigenvalue weighted by Gasteiger charge is 2.25. The molecule has 150 valence electrons. The van der Waals surface area contributed by atoms with E-state index in [9.17, 15) is 4.79 Å². The van der Waals surface area contributed by atoms with E-state index in [0.717, 1.165) is 14.7 Å². The number of benzene rings is 3. The lowest BCUT2D eigenvalue weighted by atomic mass is 10.2. The third kappa shape index (κ3) is 5.03. The van der Waals surface area contributed by atoms with Gasteiger partial charge in [0, 0.05) is 8.59 Å². The first-order chi connectivity index (χ1) is 14.5. The standard InChI is InChI=1S/C23H14Cl2INO3/c24-16-3-1-2-15(10-16)13-29-18-7-4-14(5-8-18)11-21-23(28)30-22(27-21)19-12-17(26)6-9-20(19)25/h1-12H,13H2/b21-11-. The molecule has 30 heavy (non-hydrogen) atoms. The van der Waals surface area contributed by atoms with Crippen LogP contribution < -0.4 is 4.74 Å². The number of aliphatic imine (C=N–C) groups is 1. The van der Waals surface area contributed by atoms with Gasteiger partial charge in [-0.1, -0.05) is 47.5 Å². The van der Waals surface area contributed by atoms with E-state index in [2.05, 4.69) is 27.6 Å². The quantitative estimate of drug-likeness (QED) is 0.207. The topological polar surface area (TPSA) is 47.9 Å². The summed E-state index contributed by atoms with van der Waals surface area (Å²) in [5.41, 5.74) is 2.59. The van der Waals surface area contributed by atoms with E-state index in [1.807, 2.05) is 60.7 Å². The van der Waals surface area contributed by atoms with Crippen LogP contribution in [0, 0.1) is 3.57 Å². The normalized spacial score (nSPS) is 14.6. The van der Waals surface area contributed by atoms with Crippen molar-refractivity contribution < 1.29 is 14.3 Å². The second kappa shape index (κ2) is 9.20. The maximum atomic E-state index is 12.2. The molecule has 0 fully saturated rings. The smallest absolute Gasteiger partial charge is 0.363 e. The van der Waals surface area contributed by atoms with Crippen LogP contribution in [-0.4, -0.2) is 11.9 Å². The van der Waals surface area contributed by atoms with Crippen LogP contribution in [0.25, 0.3) is 6.08 Å². The maximum Gasteiger partial charge on any atom is 0.363 e. The summed E-state index contributed by atoms with van der Waals surface area (Å²) in [6.45, 7) is 0.414. The number of ether oxygens (including phenoxy) is 2. The van der Waals surface area contributed by atoms with Crippen molar-refractivity contribution >= 4 is 63.7 Å². The van der Waals surface area contributed by atoms with Gasteiger partial charge in [0.1, 0.15) is 12.4 Å².